The zero-order valence-corrected chi connectivity index (χ0v) is 14.1. The van der Waals surface area contributed by atoms with Gasteiger partial charge in [0.05, 0.1) is 0 Å². The van der Waals surface area contributed by atoms with E-state index in [1.165, 1.54) is 36.0 Å². The van der Waals surface area contributed by atoms with Crippen molar-refractivity contribution < 1.29 is 15.0 Å². The number of halogens is 2. The standard InChI is InChI=1S/C13H15.2BrH.Ti/c1-2-3-6-11-9-12-7-4-5-8-13(12)10-11;;;/h4-5,7-10H,2-3,6H2,1H3;2*1H;/q;;;+2/p-2. The predicted molar refractivity (Wildman–Crippen MR) is 75.2 cm³/mol. The van der Waals surface area contributed by atoms with Gasteiger partial charge in [0.2, 0.25) is 0 Å². The van der Waals surface area contributed by atoms with E-state index in [9.17, 15) is 0 Å². The number of benzene rings is 1. The van der Waals surface area contributed by atoms with Crippen LogP contribution in [-0.2, 0) is 15.0 Å². The molecule has 0 saturated carbocycles. The minimum atomic E-state index is 0.125. The van der Waals surface area contributed by atoms with Crippen LogP contribution in [0.3, 0.4) is 0 Å². The number of rotatable bonds is 3. The van der Waals surface area contributed by atoms with Crippen molar-refractivity contribution in [1.82, 2.24) is 0 Å². The van der Waals surface area contributed by atoms with Crippen molar-refractivity contribution in [1.29, 1.82) is 0 Å². The van der Waals surface area contributed by atoms with E-state index in [1.54, 1.807) is 0 Å². The van der Waals surface area contributed by atoms with Crippen LogP contribution in [0.2, 0.25) is 0 Å². The molecule has 0 bridgehead atoms. The fraction of sp³-hybridized carbons (Fsp3) is 0.308. The Bertz CT molecular complexity index is 348. The molecule has 85 valence electrons. The van der Waals surface area contributed by atoms with Gasteiger partial charge in [0.1, 0.15) is 0 Å². The molecule has 1 aromatic carbocycles. The van der Waals surface area contributed by atoms with Crippen LogP contribution in [0.1, 0.15) is 37.3 Å². The molecule has 0 fully saturated rings. The minimum absolute atomic E-state index is 0.125. The summed E-state index contributed by atoms with van der Waals surface area (Å²) in [5.41, 5.74) is 4.25. The van der Waals surface area contributed by atoms with Crippen molar-refractivity contribution in [2.75, 3.05) is 0 Å². The van der Waals surface area contributed by atoms with Gasteiger partial charge in [-0.1, -0.05) is 49.3 Å². The van der Waals surface area contributed by atoms with E-state index in [0.29, 0.717) is 0 Å². The number of hydrogen-bond acceptors (Lipinski definition) is 0. The number of unbranched alkanes of at least 4 members (excludes halogenated alkanes) is 1. The Morgan fingerprint density at radius 2 is 1.75 bits per heavy atom. The van der Waals surface area contributed by atoms with E-state index in [2.05, 4.69) is 70.0 Å². The van der Waals surface area contributed by atoms with Gasteiger partial charge in [-0.2, -0.15) is 0 Å². The molecule has 0 aromatic heterocycles. The van der Waals surface area contributed by atoms with Crippen molar-refractivity contribution >= 4 is 32.4 Å². The summed E-state index contributed by atoms with van der Waals surface area (Å²) in [5.74, 6) is 0. The Kier molecular flexibility index (Phi) is 7.98. The average Bonchev–Trinajstić information content (AvgIpc) is 2.70. The van der Waals surface area contributed by atoms with Crippen molar-refractivity contribution in [3.05, 3.63) is 47.4 Å². The maximum absolute atomic E-state index is 3.19. The first-order valence-corrected chi connectivity index (χ1v) is 13.1. The maximum atomic E-state index is 3.19. The van der Waals surface area contributed by atoms with Gasteiger partial charge in [0.15, 0.2) is 0 Å². The van der Waals surface area contributed by atoms with Gasteiger partial charge in [-0.3, -0.25) is 0 Å². The van der Waals surface area contributed by atoms with Crippen LogP contribution in [0.5, 0.6) is 0 Å². The Labute approximate surface area is 120 Å². The Hall–Kier alpha value is 0.634. The van der Waals surface area contributed by atoms with Gasteiger partial charge in [-0.05, 0) is 24.0 Å². The summed E-state index contributed by atoms with van der Waals surface area (Å²) < 4.78 is 0. The summed E-state index contributed by atoms with van der Waals surface area (Å²) >= 11 is 6.50. The van der Waals surface area contributed by atoms with E-state index in [1.807, 2.05) is 0 Å². The van der Waals surface area contributed by atoms with Crippen LogP contribution in [0.25, 0.3) is 6.08 Å². The molecule has 16 heavy (non-hydrogen) atoms. The fourth-order valence-electron chi connectivity index (χ4n) is 1.74. The van der Waals surface area contributed by atoms with E-state index in [-0.39, 0.29) is 15.0 Å². The molecule has 1 aliphatic rings. The second kappa shape index (κ2) is 8.69. The number of fused-ring (bicyclic) bond motifs is 1. The number of allylic oxidation sites excluding steroid dienone is 1. The summed E-state index contributed by atoms with van der Waals surface area (Å²) in [4.78, 5) is 0. The summed E-state index contributed by atoms with van der Waals surface area (Å²) in [7, 11) is 0. The second-order valence-corrected chi connectivity index (χ2v) is 11.5. The Balaban J connectivity index is 0.000000386. The van der Waals surface area contributed by atoms with Gasteiger partial charge in [-0.25, -0.2) is 0 Å². The Morgan fingerprint density at radius 3 is 2.31 bits per heavy atom. The van der Waals surface area contributed by atoms with Gasteiger partial charge in [-0.15, -0.1) is 0 Å². The van der Waals surface area contributed by atoms with Crippen molar-refractivity contribution in [3.63, 3.8) is 0 Å². The third-order valence-electron chi connectivity index (χ3n) is 2.50. The van der Waals surface area contributed by atoms with E-state index in [4.69, 9.17) is 0 Å². The van der Waals surface area contributed by atoms with Gasteiger partial charge >= 0.3 is 41.3 Å². The molecule has 0 N–H and O–H groups in total. The molecule has 0 heterocycles. The van der Waals surface area contributed by atoms with Gasteiger partial charge in [0.25, 0.3) is 0 Å². The topological polar surface area (TPSA) is 0 Å². The van der Waals surface area contributed by atoms with Crippen LogP contribution in [0.15, 0.2) is 29.8 Å². The average molecular weight is 379 g/mol. The molecule has 3 heteroatoms. The molecule has 0 saturated heterocycles. The summed E-state index contributed by atoms with van der Waals surface area (Å²) in [5, 5.41) is 0. The van der Waals surface area contributed by atoms with E-state index >= 15 is 0 Å². The summed E-state index contributed by atoms with van der Waals surface area (Å²) in [6.45, 7) is 2.24. The third-order valence-corrected chi connectivity index (χ3v) is 2.50. The fourth-order valence-corrected chi connectivity index (χ4v) is 1.74. The number of hydrogen-bond donors (Lipinski definition) is 0. The normalized spacial score (nSPS) is 12.3. The van der Waals surface area contributed by atoms with Crippen LogP contribution in [0.4, 0.5) is 0 Å². The van der Waals surface area contributed by atoms with Gasteiger partial charge in [0, 0.05) is 6.42 Å². The second-order valence-electron chi connectivity index (χ2n) is 3.67. The molecule has 0 spiro atoms. The van der Waals surface area contributed by atoms with Crippen molar-refractivity contribution in [3.8, 4) is 0 Å². The predicted octanol–water partition coefficient (Wildman–Crippen LogP) is 5.51. The molecule has 1 aromatic rings. The summed E-state index contributed by atoms with van der Waals surface area (Å²) in [6, 6.07) is 8.58. The van der Waals surface area contributed by atoms with Crippen molar-refractivity contribution in [2.45, 2.75) is 26.2 Å². The zero-order valence-electron chi connectivity index (χ0n) is 9.34. The molecule has 2 rings (SSSR count). The molecule has 0 aliphatic heterocycles. The Morgan fingerprint density at radius 1 is 1.12 bits per heavy atom. The monoisotopic (exact) mass is 377 g/mol. The first-order valence-electron chi connectivity index (χ1n) is 5.42. The van der Waals surface area contributed by atoms with Crippen LogP contribution in [0, 0.1) is 6.42 Å². The molecule has 1 radical (unpaired) electrons. The summed E-state index contributed by atoms with van der Waals surface area (Å²) in [6.07, 6.45) is 8.43. The zero-order chi connectivity index (χ0) is 11.8. The molecule has 0 amide bonds. The molecule has 0 nitrogen and oxygen atoms in total. The van der Waals surface area contributed by atoms with E-state index in [0.717, 1.165) is 0 Å². The third kappa shape index (κ3) is 4.87. The molecular formula is C13H15Br2Ti. The molecular weight excluding hydrogens is 364 g/mol. The van der Waals surface area contributed by atoms with Crippen LogP contribution < -0.4 is 0 Å². The van der Waals surface area contributed by atoms with Crippen molar-refractivity contribution in [2.24, 2.45) is 0 Å². The van der Waals surface area contributed by atoms with Crippen LogP contribution in [-0.4, -0.2) is 0 Å². The molecule has 0 unspecified atom stereocenters. The van der Waals surface area contributed by atoms with Gasteiger partial charge < -0.3 is 0 Å². The molecule has 1 aliphatic carbocycles. The quantitative estimate of drug-likeness (QED) is 0.608. The molecule has 0 atom stereocenters. The van der Waals surface area contributed by atoms with E-state index < -0.39 is 0 Å². The SMILES string of the molecule is CCCCC1=Cc2ccccc2[CH]1.[Br][Ti][Br]. The first-order chi connectivity index (χ1) is 7.81. The van der Waals surface area contributed by atoms with Crippen LogP contribution >= 0.6 is 26.3 Å². The first kappa shape index (κ1) is 14.7.